The zero-order valence-corrected chi connectivity index (χ0v) is 15.3. The lowest BCUT2D eigenvalue weighted by molar-refractivity contribution is 0.287. The first-order valence-electron chi connectivity index (χ1n) is 8.22. The summed E-state index contributed by atoms with van der Waals surface area (Å²) < 4.78 is 1.88. The molecule has 0 saturated carbocycles. The molecule has 0 fully saturated rings. The smallest absolute Gasteiger partial charge is 0.305 e. The number of fused-ring (bicyclic) bond motifs is 3. The highest BCUT2D eigenvalue weighted by molar-refractivity contribution is 7.25. The summed E-state index contributed by atoms with van der Waals surface area (Å²) in [6.07, 6.45) is 0. The summed E-state index contributed by atoms with van der Waals surface area (Å²) in [5.41, 5.74) is 1.99. The number of hydrogen-bond acceptors (Lipinski definition) is 5. The van der Waals surface area contributed by atoms with Gasteiger partial charge in [-0.2, -0.15) is 0 Å². The van der Waals surface area contributed by atoms with Gasteiger partial charge in [-0.3, -0.25) is 9.36 Å². The van der Waals surface area contributed by atoms with E-state index in [0.29, 0.717) is 23.3 Å². The third kappa shape index (κ3) is 2.78. The van der Waals surface area contributed by atoms with Crippen LogP contribution in [0.25, 0.3) is 20.4 Å². The topological polar surface area (TPSA) is 71.0 Å². The first kappa shape index (κ1) is 16.9. The van der Waals surface area contributed by atoms with Crippen molar-refractivity contribution in [3.05, 3.63) is 38.2 Å². The normalized spacial score (nSPS) is 11.9. The lowest BCUT2D eigenvalue weighted by Crippen LogP contribution is -2.38. The molecule has 0 atom stereocenters. The first-order valence-corrected chi connectivity index (χ1v) is 9.03. The van der Waals surface area contributed by atoms with Crippen LogP contribution in [0.2, 0.25) is 0 Å². The van der Waals surface area contributed by atoms with Gasteiger partial charge in [0.2, 0.25) is 0 Å². The van der Waals surface area contributed by atoms with Crippen LogP contribution in [0.4, 0.5) is 0 Å². The number of nitrogens with one attached hydrogen (secondary N) is 1. The Hall–Kier alpha value is -1.99. The van der Waals surface area contributed by atoms with Crippen molar-refractivity contribution in [2.24, 2.45) is 0 Å². The molecule has 0 bridgehead atoms. The van der Waals surface area contributed by atoms with Crippen LogP contribution in [0.5, 0.6) is 0 Å². The van der Waals surface area contributed by atoms with Crippen LogP contribution in [-0.2, 0) is 6.54 Å². The van der Waals surface area contributed by atoms with E-state index in [9.17, 15) is 9.59 Å². The number of aromatic amines is 1. The van der Waals surface area contributed by atoms with Crippen molar-refractivity contribution in [1.82, 2.24) is 19.4 Å². The molecule has 3 heterocycles. The Kier molecular flexibility index (Phi) is 4.56. The van der Waals surface area contributed by atoms with E-state index in [0.717, 1.165) is 34.6 Å². The Bertz CT molecular complexity index is 1010. The van der Waals surface area contributed by atoms with E-state index in [2.05, 4.69) is 28.7 Å². The third-order valence-electron chi connectivity index (χ3n) is 4.44. The number of likely N-dealkylation sites (N-methyl/N-ethyl adjacent to an activating group) is 1. The highest BCUT2D eigenvalue weighted by atomic mass is 32.1. The fourth-order valence-electron chi connectivity index (χ4n) is 3.09. The van der Waals surface area contributed by atoms with E-state index < -0.39 is 0 Å². The van der Waals surface area contributed by atoms with Crippen molar-refractivity contribution >= 4 is 31.8 Å². The maximum atomic E-state index is 12.8. The van der Waals surface area contributed by atoms with Crippen LogP contribution in [0.3, 0.4) is 0 Å². The third-order valence-corrected chi connectivity index (χ3v) is 5.51. The summed E-state index contributed by atoms with van der Waals surface area (Å²) in [7, 11) is 0. The molecule has 7 heteroatoms. The van der Waals surface area contributed by atoms with Crippen molar-refractivity contribution < 1.29 is 0 Å². The van der Waals surface area contributed by atoms with E-state index in [-0.39, 0.29) is 11.2 Å². The van der Waals surface area contributed by atoms with Crippen molar-refractivity contribution in [2.45, 2.75) is 34.2 Å². The number of aromatic nitrogens is 3. The molecule has 3 aromatic rings. The molecule has 0 amide bonds. The number of nitrogens with zero attached hydrogens (tertiary/aromatic N) is 3. The summed E-state index contributed by atoms with van der Waals surface area (Å²) in [6.45, 7) is 10.9. The van der Waals surface area contributed by atoms with E-state index in [1.54, 1.807) is 0 Å². The summed E-state index contributed by atoms with van der Waals surface area (Å²) in [4.78, 5) is 35.7. The molecule has 6 nitrogen and oxygen atoms in total. The molecule has 0 aliphatic rings. The largest absolute Gasteiger partial charge is 0.328 e. The van der Waals surface area contributed by atoms with Crippen LogP contribution in [0, 0.1) is 13.8 Å². The lowest BCUT2D eigenvalue weighted by Gasteiger charge is -2.17. The van der Waals surface area contributed by atoms with Crippen LogP contribution in [0.15, 0.2) is 15.7 Å². The van der Waals surface area contributed by atoms with Gasteiger partial charge in [-0.05, 0) is 38.6 Å². The molecule has 0 aliphatic heterocycles. The molecule has 0 saturated heterocycles. The van der Waals surface area contributed by atoms with Crippen LogP contribution in [0.1, 0.15) is 25.1 Å². The van der Waals surface area contributed by atoms with Gasteiger partial charge in [0, 0.05) is 24.2 Å². The molecule has 0 unspecified atom stereocenters. The fourth-order valence-corrected chi connectivity index (χ4v) is 4.29. The van der Waals surface area contributed by atoms with Crippen molar-refractivity contribution in [1.29, 1.82) is 0 Å². The van der Waals surface area contributed by atoms with E-state index in [4.69, 9.17) is 0 Å². The van der Waals surface area contributed by atoms with Gasteiger partial charge in [-0.25, -0.2) is 9.78 Å². The molecule has 3 rings (SSSR count). The summed E-state index contributed by atoms with van der Waals surface area (Å²) in [5.74, 6) is 0. The second-order valence-corrected chi connectivity index (χ2v) is 6.98. The highest BCUT2D eigenvalue weighted by Gasteiger charge is 2.16. The van der Waals surface area contributed by atoms with E-state index in [1.807, 2.05) is 19.9 Å². The minimum atomic E-state index is -0.348. The Morgan fingerprint density at radius 3 is 2.62 bits per heavy atom. The zero-order chi connectivity index (χ0) is 17.4. The molecule has 24 heavy (non-hydrogen) atoms. The Labute approximate surface area is 143 Å². The molecule has 3 aromatic heterocycles. The first-order chi connectivity index (χ1) is 11.5. The average Bonchev–Trinajstić information content (AvgIpc) is 2.89. The Morgan fingerprint density at radius 1 is 1.25 bits per heavy atom. The van der Waals surface area contributed by atoms with Gasteiger partial charge in [0.1, 0.15) is 9.53 Å². The molecule has 0 aliphatic carbocycles. The van der Waals surface area contributed by atoms with Crippen molar-refractivity contribution in [3.63, 3.8) is 0 Å². The predicted octanol–water partition coefficient (Wildman–Crippen LogP) is 2.26. The summed E-state index contributed by atoms with van der Waals surface area (Å²) >= 11 is 1.36. The maximum absolute atomic E-state index is 12.8. The average molecular weight is 346 g/mol. The molecule has 1 N–H and O–H groups in total. The van der Waals surface area contributed by atoms with Gasteiger partial charge in [0.25, 0.3) is 5.56 Å². The molecular formula is C17H22N4O2S. The molecule has 0 spiro atoms. The van der Waals surface area contributed by atoms with E-state index in [1.165, 1.54) is 15.9 Å². The van der Waals surface area contributed by atoms with Gasteiger partial charge < -0.3 is 9.88 Å². The second kappa shape index (κ2) is 6.49. The van der Waals surface area contributed by atoms with Gasteiger partial charge in [0.15, 0.2) is 0 Å². The number of aryl methyl sites for hydroxylation is 2. The lowest BCUT2D eigenvalue weighted by atomic mass is 10.1. The van der Waals surface area contributed by atoms with Crippen molar-refractivity contribution in [2.75, 3.05) is 19.6 Å². The molecule has 0 radical (unpaired) electrons. The number of thiophene rings is 1. The minimum absolute atomic E-state index is 0.221. The highest BCUT2D eigenvalue weighted by Crippen LogP contribution is 2.31. The maximum Gasteiger partial charge on any atom is 0.328 e. The Morgan fingerprint density at radius 2 is 1.96 bits per heavy atom. The minimum Gasteiger partial charge on any atom is -0.305 e. The number of pyridine rings is 1. The quantitative estimate of drug-likeness (QED) is 0.769. The second-order valence-electron chi connectivity index (χ2n) is 5.98. The van der Waals surface area contributed by atoms with Gasteiger partial charge in [0.05, 0.1) is 5.52 Å². The van der Waals surface area contributed by atoms with Gasteiger partial charge in [-0.1, -0.05) is 13.8 Å². The number of rotatable bonds is 5. The zero-order valence-electron chi connectivity index (χ0n) is 14.5. The van der Waals surface area contributed by atoms with Crippen LogP contribution in [-0.4, -0.2) is 39.1 Å². The van der Waals surface area contributed by atoms with E-state index >= 15 is 0 Å². The predicted molar refractivity (Wildman–Crippen MR) is 99.3 cm³/mol. The fraction of sp³-hybridized carbons (Fsp3) is 0.471. The van der Waals surface area contributed by atoms with Gasteiger partial charge >= 0.3 is 5.69 Å². The van der Waals surface area contributed by atoms with Crippen LogP contribution >= 0.6 is 11.3 Å². The van der Waals surface area contributed by atoms with Crippen LogP contribution < -0.4 is 11.2 Å². The summed E-state index contributed by atoms with van der Waals surface area (Å²) in [5, 5.41) is 0.880. The molecule has 0 aromatic carbocycles. The molecule has 128 valence electrons. The number of hydrogen-bond donors (Lipinski definition) is 1. The van der Waals surface area contributed by atoms with Gasteiger partial charge in [-0.15, -0.1) is 11.3 Å². The number of H-pyrrole nitrogens is 1. The monoisotopic (exact) mass is 346 g/mol. The molecular weight excluding hydrogens is 324 g/mol. The SMILES string of the molecule is CCN(CC)CCn1c(=O)[nH]c2c(sc3nc(C)cc(C)c32)c1=O. The Balaban J connectivity index is 2.17. The standard InChI is InChI=1S/C17H22N4O2S/c1-5-20(6-2)7-8-21-16(22)14-13(19-17(21)23)12-10(3)9-11(4)18-15(12)24-14/h9H,5-8H2,1-4H3,(H,19,23). The summed E-state index contributed by atoms with van der Waals surface area (Å²) in [6, 6.07) is 1.97. The van der Waals surface area contributed by atoms with Crippen molar-refractivity contribution in [3.8, 4) is 0 Å².